The van der Waals surface area contributed by atoms with E-state index in [1.165, 1.54) is 12.4 Å². The number of likely N-dealkylation sites (tertiary alicyclic amines) is 1. The summed E-state index contributed by atoms with van der Waals surface area (Å²) in [5, 5.41) is 15.3. The Labute approximate surface area is 236 Å². The van der Waals surface area contributed by atoms with Gasteiger partial charge in [0.1, 0.15) is 0 Å². The van der Waals surface area contributed by atoms with E-state index < -0.39 is 5.91 Å². The second-order valence-electron chi connectivity index (χ2n) is 9.78. The van der Waals surface area contributed by atoms with E-state index >= 15 is 0 Å². The molecule has 2 aromatic heterocycles. The zero-order valence-electron chi connectivity index (χ0n) is 21.7. The summed E-state index contributed by atoms with van der Waals surface area (Å²) in [7, 11) is 4.12. The first-order valence-corrected chi connectivity index (χ1v) is 13.4. The number of amides is 2. The minimum Gasteiger partial charge on any atom is -0.365 e. The predicted octanol–water partition coefficient (Wildman–Crippen LogP) is 3.42. The van der Waals surface area contributed by atoms with Crippen LogP contribution in [0.5, 0.6) is 0 Å². The van der Waals surface area contributed by atoms with Gasteiger partial charge in [-0.05, 0) is 56.8 Å². The molecule has 2 aliphatic rings. The van der Waals surface area contributed by atoms with Crippen molar-refractivity contribution in [2.75, 3.05) is 55.8 Å². The average Bonchev–Trinajstić information content (AvgIpc) is 2.95. The number of hydrogen-bond donors (Lipinski definition) is 2. The molecule has 2 amide bonds. The third-order valence-corrected chi connectivity index (χ3v) is 7.60. The summed E-state index contributed by atoms with van der Waals surface area (Å²) in [5.41, 5.74) is 2.07. The van der Waals surface area contributed by atoms with Crippen LogP contribution in [0.25, 0.3) is 0 Å². The van der Waals surface area contributed by atoms with Crippen LogP contribution in [0.2, 0.25) is 10.0 Å². The molecule has 0 radical (unpaired) electrons. The molecule has 4 heterocycles. The van der Waals surface area contributed by atoms with Crippen molar-refractivity contribution in [2.24, 2.45) is 0 Å². The quantitative estimate of drug-likeness (QED) is 0.460. The first-order valence-electron chi connectivity index (χ1n) is 12.7. The van der Waals surface area contributed by atoms with Crippen molar-refractivity contribution in [1.29, 1.82) is 0 Å². The van der Waals surface area contributed by atoms with Gasteiger partial charge in [0.05, 0.1) is 11.3 Å². The highest BCUT2D eigenvalue weighted by atomic mass is 35.5. The first-order chi connectivity index (χ1) is 18.8. The van der Waals surface area contributed by atoms with Crippen LogP contribution in [0.1, 0.15) is 39.3 Å². The molecule has 0 unspecified atom stereocenters. The van der Waals surface area contributed by atoms with Crippen LogP contribution < -0.4 is 15.5 Å². The van der Waals surface area contributed by atoms with Crippen LogP contribution in [0.3, 0.4) is 0 Å². The Hall–Kier alpha value is -3.54. The molecule has 1 aromatic carbocycles. The molecular weight excluding hydrogens is 541 g/mol. The summed E-state index contributed by atoms with van der Waals surface area (Å²) in [4.78, 5) is 40.3. The van der Waals surface area contributed by atoms with Crippen LogP contribution in [0.15, 0.2) is 36.7 Å². The molecular formula is C26H29Cl2N9O2. The van der Waals surface area contributed by atoms with E-state index in [0.29, 0.717) is 60.2 Å². The third-order valence-electron chi connectivity index (χ3n) is 7.00. The minimum absolute atomic E-state index is 0.0723. The number of hydrogen-bond acceptors (Lipinski definition) is 9. The summed E-state index contributed by atoms with van der Waals surface area (Å²) in [5.74, 6) is 0.0206. The molecule has 2 N–H and O–H groups in total. The Morgan fingerprint density at radius 3 is 2.54 bits per heavy atom. The summed E-state index contributed by atoms with van der Waals surface area (Å²) in [6.07, 6.45) is 4.72. The number of fused-ring (bicyclic) bond motifs is 1. The number of anilines is 3. The summed E-state index contributed by atoms with van der Waals surface area (Å²) in [6, 6.07) is 7.47. The van der Waals surface area contributed by atoms with Gasteiger partial charge in [-0.2, -0.15) is 0 Å². The highest BCUT2D eigenvalue weighted by molar-refractivity contribution is 6.33. The lowest BCUT2D eigenvalue weighted by Crippen LogP contribution is -2.44. The number of carbonyl (C=O) groups is 2. The lowest BCUT2D eigenvalue weighted by atomic mass is 10.0. The summed E-state index contributed by atoms with van der Waals surface area (Å²) >= 11 is 12.5. The number of carbonyl (C=O) groups excluding carboxylic acids is 2. The van der Waals surface area contributed by atoms with E-state index in [9.17, 15) is 9.59 Å². The zero-order chi connectivity index (χ0) is 27.5. The molecule has 0 saturated carbocycles. The number of halogens is 2. The number of benzene rings is 1. The molecule has 0 aliphatic carbocycles. The second-order valence-corrected chi connectivity index (χ2v) is 10.6. The Morgan fingerprint density at radius 1 is 1.08 bits per heavy atom. The van der Waals surface area contributed by atoms with E-state index in [0.717, 1.165) is 24.1 Å². The van der Waals surface area contributed by atoms with Crippen molar-refractivity contribution >= 4 is 52.5 Å². The Kier molecular flexibility index (Phi) is 8.10. The normalized spacial score (nSPS) is 15.6. The standard InChI is InChI=1S/C26H29Cl2N9O2/c1-35(2)19-5-8-36(9-6-19)25(39)17-13-30-26(31-14-17)32-24(38)21-12-22-23(34-33-21)29-7-10-37(22)15-16-11-18(27)3-4-20(16)28/h3-4,11-14,19H,5-10,15H2,1-2H3,(H,29,34)(H,30,31,32,38). The SMILES string of the molecule is CN(C)C1CCN(C(=O)c2cnc(NC(=O)c3cc4c(nn3)NCCN4Cc3cc(Cl)ccc3Cl)nc2)CC1. The molecule has 5 rings (SSSR count). The van der Waals surface area contributed by atoms with E-state index in [2.05, 4.69) is 54.7 Å². The molecule has 1 fully saturated rings. The fourth-order valence-corrected chi connectivity index (χ4v) is 5.13. The molecule has 0 spiro atoms. The van der Waals surface area contributed by atoms with Gasteiger partial charge in [0.15, 0.2) is 11.5 Å². The number of nitrogens with one attached hydrogen (secondary N) is 2. The third kappa shape index (κ3) is 6.21. The number of nitrogens with zero attached hydrogens (tertiary/aromatic N) is 7. The molecule has 0 atom stereocenters. The van der Waals surface area contributed by atoms with Crippen molar-refractivity contribution in [3.05, 3.63) is 63.5 Å². The smallest absolute Gasteiger partial charge is 0.278 e. The van der Waals surface area contributed by atoms with Crippen molar-refractivity contribution in [3.63, 3.8) is 0 Å². The topological polar surface area (TPSA) is 119 Å². The van der Waals surface area contributed by atoms with Gasteiger partial charge in [-0.1, -0.05) is 23.2 Å². The highest BCUT2D eigenvalue weighted by Gasteiger charge is 2.26. The van der Waals surface area contributed by atoms with E-state index in [1.807, 2.05) is 11.0 Å². The molecule has 2 aliphatic heterocycles. The van der Waals surface area contributed by atoms with Crippen molar-refractivity contribution in [2.45, 2.75) is 25.4 Å². The van der Waals surface area contributed by atoms with Crippen LogP contribution in [-0.4, -0.2) is 88.1 Å². The molecule has 13 heteroatoms. The van der Waals surface area contributed by atoms with E-state index in [4.69, 9.17) is 23.2 Å². The monoisotopic (exact) mass is 569 g/mol. The van der Waals surface area contributed by atoms with Gasteiger partial charge in [0, 0.05) is 61.2 Å². The van der Waals surface area contributed by atoms with Crippen LogP contribution in [-0.2, 0) is 6.54 Å². The fourth-order valence-electron chi connectivity index (χ4n) is 4.76. The first kappa shape index (κ1) is 27.0. The van der Waals surface area contributed by atoms with Gasteiger partial charge in [-0.25, -0.2) is 9.97 Å². The van der Waals surface area contributed by atoms with Gasteiger partial charge < -0.3 is 20.0 Å². The highest BCUT2D eigenvalue weighted by Crippen LogP contribution is 2.30. The van der Waals surface area contributed by atoms with Gasteiger partial charge in [-0.3, -0.25) is 14.9 Å². The molecule has 11 nitrogen and oxygen atoms in total. The van der Waals surface area contributed by atoms with Crippen molar-refractivity contribution in [1.82, 2.24) is 30.0 Å². The summed E-state index contributed by atoms with van der Waals surface area (Å²) in [6.45, 7) is 3.21. The second kappa shape index (κ2) is 11.7. The maximum Gasteiger partial charge on any atom is 0.278 e. The Bertz CT molecular complexity index is 1360. The molecule has 1 saturated heterocycles. The van der Waals surface area contributed by atoms with E-state index in [-0.39, 0.29) is 17.5 Å². The lowest BCUT2D eigenvalue weighted by Gasteiger charge is -2.35. The van der Waals surface area contributed by atoms with Crippen molar-refractivity contribution in [3.8, 4) is 0 Å². The number of piperidine rings is 1. The molecule has 3 aromatic rings. The summed E-state index contributed by atoms with van der Waals surface area (Å²) < 4.78 is 0. The largest absolute Gasteiger partial charge is 0.365 e. The van der Waals surface area contributed by atoms with Crippen LogP contribution in [0, 0.1) is 0 Å². The van der Waals surface area contributed by atoms with Crippen molar-refractivity contribution < 1.29 is 9.59 Å². The predicted molar refractivity (Wildman–Crippen MR) is 151 cm³/mol. The molecule has 39 heavy (non-hydrogen) atoms. The Balaban J connectivity index is 1.25. The van der Waals surface area contributed by atoms with Gasteiger partial charge in [0.25, 0.3) is 11.8 Å². The fraction of sp³-hybridized carbons (Fsp3) is 0.385. The van der Waals surface area contributed by atoms with Gasteiger partial charge >= 0.3 is 0 Å². The number of rotatable bonds is 6. The van der Waals surface area contributed by atoms with Crippen LogP contribution in [0.4, 0.5) is 17.5 Å². The van der Waals surface area contributed by atoms with Crippen LogP contribution >= 0.6 is 23.2 Å². The molecule has 204 valence electrons. The minimum atomic E-state index is -0.513. The average molecular weight is 570 g/mol. The number of aromatic nitrogens is 4. The van der Waals surface area contributed by atoms with Gasteiger partial charge in [0.2, 0.25) is 5.95 Å². The lowest BCUT2D eigenvalue weighted by molar-refractivity contribution is 0.0662. The maximum atomic E-state index is 13.0. The van der Waals surface area contributed by atoms with Gasteiger partial charge in [-0.15, -0.1) is 10.2 Å². The van der Waals surface area contributed by atoms with E-state index in [1.54, 1.807) is 18.2 Å². The molecule has 0 bridgehead atoms. The Morgan fingerprint density at radius 2 is 1.82 bits per heavy atom. The zero-order valence-corrected chi connectivity index (χ0v) is 23.2. The maximum absolute atomic E-state index is 13.0.